The van der Waals surface area contributed by atoms with Crippen LogP contribution in [-0.4, -0.2) is 30.5 Å². The fourth-order valence-corrected chi connectivity index (χ4v) is 4.44. The average Bonchev–Trinajstić information content (AvgIpc) is 2.62. The van der Waals surface area contributed by atoms with Crippen LogP contribution in [0.3, 0.4) is 0 Å². The Bertz CT molecular complexity index is 813. The summed E-state index contributed by atoms with van der Waals surface area (Å²) in [7, 11) is 1.36. The van der Waals surface area contributed by atoms with Crippen molar-refractivity contribution >= 4 is 58.4 Å². The highest BCUT2D eigenvalue weighted by atomic mass is 35.5. The number of benzene rings is 2. The highest BCUT2D eigenvalue weighted by Crippen LogP contribution is 2.48. The Kier molecular flexibility index (Phi) is 5.93. The first-order chi connectivity index (χ1) is 12.1. The number of nitrogens with zero attached hydrogens (tertiary/aromatic N) is 1. The second-order valence-electron chi connectivity index (χ2n) is 5.29. The Morgan fingerprint density at radius 2 is 1.92 bits per heavy atom. The van der Waals surface area contributed by atoms with Crippen LogP contribution in [0.15, 0.2) is 52.3 Å². The fourth-order valence-electron chi connectivity index (χ4n) is 2.48. The highest BCUT2D eigenvalue weighted by molar-refractivity contribution is 8.00. The highest BCUT2D eigenvalue weighted by Gasteiger charge is 2.28. The maximum atomic E-state index is 12.9. The predicted molar refractivity (Wildman–Crippen MR) is 103 cm³/mol. The van der Waals surface area contributed by atoms with Crippen LogP contribution in [0.1, 0.15) is 6.42 Å². The van der Waals surface area contributed by atoms with Crippen molar-refractivity contribution in [2.24, 2.45) is 0 Å². The van der Waals surface area contributed by atoms with Gasteiger partial charge in [-0.25, -0.2) is 0 Å². The fraction of sp³-hybridized carbons (Fsp3) is 0.222. The molecule has 0 aliphatic carbocycles. The number of ether oxygens (including phenoxy) is 1. The molecule has 1 aliphatic heterocycles. The maximum absolute atomic E-state index is 12.9. The van der Waals surface area contributed by atoms with Gasteiger partial charge in [0.25, 0.3) is 0 Å². The van der Waals surface area contributed by atoms with Crippen LogP contribution >= 0.6 is 35.1 Å². The number of anilines is 2. The number of amides is 1. The minimum Gasteiger partial charge on any atom is -0.469 e. The van der Waals surface area contributed by atoms with E-state index < -0.39 is 0 Å². The molecule has 25 heavy (non-hydrogen) atoms. The Labute approximate surface area is 159 Å². The number of methoxy groups -OCH3 is 1. The van der Waals surface area contributed by atoms with E-state index in [-0.39, 0.29) is 17.6 Å². The minimum atomic E-state index is -0.267. The molecule has 2 aromatic rings. The molecule has 0 fully saturated rings. The summed E-state index contributed by atoms with van der Waals surface area (Å²) in [5, 5.41) is 0.592. The summed E-state index contributed by atoms with van der Waals surface area (Å²) in [5.74, 6) is 0.524. The van der Waals surface area contributed by atoms with Crippen molar-refractivity contribution in [1.29, 1.82) is 0 Å². The molecule has 0 radical (unpaired) electrons. The molecule has 7 heteroatoms. The van der Waals surface area contributed by atoms with E-state index in [4.69, 9.17) is 11.6 Å². The molecule has 130 valence electrons. The van der Waals surface area contributed by atoms with E-state index in [2.05, 4.69) is 4.74 Å². The van der Waals surface area contributed by atoms with Crippen molar-refractivity contribution in [2.75, 3.05) is 23.5 Å². The van der Waals surface area contributed by atoms with Gasteiger partial charge < -0.3 is 4.74 Å². The van der Waals surface area contributed by atoms with Gasteiger partial charge in [0.2, 0.25) is 5.91 Å². The number of hydrogen-bond donors (Lipinski definition) is 0. The quantitative estimate of drug-likeness (QED) is 0.541. The normalized spacial score (nSPS) is 12.3. The molecule has 4 nitrogen and oxygen atoms in total. The molecule has 0 saturated heterocycles. The SMILES string of the molecule is COC(=O)CCSCC(=O)N1c2ccccc2Sc2ccc(Cl)cc21. The summed E-state index contributed by atoms with van der Waals surface area (Å²) in [6.45, 7) is 0. The van der Waals surface area contributed by atoms with Gasteiger partial charge in [-0.2, -0.15) is 11.8 Å². The summed E-state index contributed by atoms with van der Waals surface area (Å²) in [4.78, 5) is 27.8. The minimum absolute atomic E-state index is 0.0360. The predicted octanol–water partition coefficient (Wildman–Crippen LogP) is 4.77. The van der Waals surface area contributed by atoms with Crippen LogP contribution in [0.25, 0.3) is 0 Å². The maximum Gasteiger partial charge on any atom is 0.306 e. The van der Waals surface area contributed by atoms with Gasteiger partial charge in [-0.15, -0.1) is 0 Å². The first-order valence-corrected chi connectivity index (χ1v) is 9.99. The lowest BCUT2D eigenvalue weighted by molar-refractivity contribution is -0.140. The number of hydrogen-bond acceptors (Lipinski definition) is 5. The number of para-hydroxylation sites is 1. The van der Waals surface area contributed by atoms with Crippen molar-refractivity contribution in [2.45, 2.75) is 16.2 Å². The van der Waals surface area contributed by atoms with Crippen molar-refractivity contribution in [3.63, 3.8) is 0 Å². The number of rotatable bonds is 5. The van der Waals surface area contributed by atoms with E-state index in [1.165, 1.54) is 18.9 Å². The molecule has 0 bridgehead atoms. The molecule has 0 N–H and O–H groups in total. The van der Waals surface area contributed by atoms with Crippen LogP contribution in [0, 0.1) is 0 Å². The van der Waals surface area contributed by atoms with Crippen molar-refractivity contribution in [3.8, 4) is 0 Å². The zero-order valence-electron chi connectivity index (χ0n) is 13.5. The molecule has 1 amide bonds. The van der Waals surface area contributed by atoms with Crippen molar-refractivity contribution < 1.29 is 14.3 Å². The van der Waals surface area contributed by atoms with E-state index in [0.717, 1.165) is 21.2 Å². The monoisotopic (exact) mass is 393 g/mol. The van der Waals surface area contributed by atoms with E-state index in [1.807, 2.05) is 42.5 Å². The van der Waals surface area contributed by atoms with Gasteiger partial charge in [-0.05, 0) is 30.3 Å². The smallest absolute Gasteiger partial charge is 0.306 e. The van der Waals surface area contributed by atoms with Crippen LogP contribution in [0.5, 0.6) is 0 Å². The molecule has 3 rings (SSSR count). The number of carbonyl (C=O) groups excluding carboxylic acids is 2. The lowest BCUT2D eigenvalue weighted by Gasteiger charge is -2.31. The zero-order chi connectivity index (χ0) is 17.8. The van der Waals surface area contributed by atoms with Gasteiger partial charge in [0.1, 0.15) is 0 Å². The Hall–Kier alpha value is -1.63. The molecular formula is C18H16ClNO3S2. The molecule has 0 unspecified atom stereocenters. The molecular weight excluding hydrogens is 378 g/mol. The van der Waals surface area contributed by atoms with Crippen LogP contribution in [0.2, 0.25) is 5.02 Å². The number of halogens is 1. The third-order valence-electron chi connectivity index (χ3n) is 3.64. The van der Waals surface area contributed by atoms with Gasteiger partial charge in [0, 0.05) is 20.6 Å². The molecule has 2 aromatic carbocycles. The second kappa shape index (κ2) is 8.17. The third-order valence-corrected chi connectivity index (χ3v) is 5.95. The lowest BCUT2D eigenvalue weighted by atomic mass is 10.2. The van der Waals surface area contributed by atoms with Gasteiger partial charge in [-0.1, -0.05) is 35.5 Å². The van der Waals surface area contributed by atoms with Crippen LogP contribution in [-0.2, 0) is 14.3 Å². The van der Waals surface area contributed by atoms with Gasteiger partial charge in [-0.3, -0.25) is 14.5 Å². The van der Waals surface area contributed by atoms with E-state index in [1.54, 1.807) is 16.7 Å². The summed E-state index contributed by atoms with van der Waals surface area (Å²) in [5.41, 5.74) is 1.66. The molecule has 0 atom stereocenters. The second-order valence-corrected chi connectivity index (χ2v) is 7.92. The van der Waals surface area contributed by atoms with Crippen molar-refractivity contribution in [1.82, 2.24) is 0 Å². The Morgan fingerprint density at radius 1 is 1.16 bits per heavy atom. The van der Waals surface area contributed by atoms with Gasteiger partial charge >= 0.3 is 5.97 Å². The zero-order valence-corrected chi connectivity index (χ0v) is 15.9. The Balaban J connectivity index is 1.81. The van der Waals surface area contributed by atoms with Gasteiger partial charge in [0.05, 0.1) is 30.7 Å². The largest absolute Gasteiger partial charge is 0.469 e. The molecule has 1 heterocycles. The molecule has 1 aliphatic rings. The first-order valence-electron chi connectivity index (χ1n) is 7.64. The lowest BCUT2D eigenvalue weighted by Crippen LogP contribution is -2.30. The number of fused-ring (bicyclic) bond motifs is 2. The van der Waals surface area contributed by atoms with Crippen LogP contribution < -0.4 is 4.90 Å². The number of thioether (sulfide) groups is 1. The Morgan fingerprint density at radius 3 is 2.72 bits per heavy atom. The summed E-state index contributed by atoms with van der Waals surface area (Å²) >= 11 is 9.20. The number of esters is 1. The van der Waals surface area contributed by atoms with Gasteiger partial charge in [0.15, 0.2) is 0 Å². The third kappa shape index (κ3) is 4.14. The van der Waals surface area contributed by atoms with Crippen molar-refractivity contribution in [3.05, 3.63) is 47.5 Å². The topological polar surface area (TPSA) is 46.6 Å². The summed E-state index contributed by atoms with van der Waals surface area (Å²) in [6.07, 6.45) is 0.295. The summed E-state index contributed by atoms with van der Waals surface area (Å²) in [6, 6.07) is 13.4. The molecule has 0 aromatic heterocycles. The molecule has 0 saturated carbocycles. The average molecular weight is 394 g/mol. The van der Waals surface area contributed by atoms with E-state index in [9.17, 15) is 9.59 Å². The standard InChI is InChI=1S/C18H16ClNO3S2/c1-23-18(22)8-9-24-11-17(21)20-13-4-2-3-5-15(13)25-16-7-6-12(19)10-14(16)20/h2-7,10H,8-9,11H2,1H3. The summed E-state index contributed by atoms with van der Waals surface area (Å²) < 4.78 is 4.61. The number of carbonyl (C=O) groups is 2. The molecule has 0 spiro atoms. The van der Waals surface area contributed by atoms with Crippen LogP contribution in [0.4, 0.5) is 11.4 Å². The van der Waals surface area contributed by atoms with E-state index >= 15 is 0 Å². The first kappa shape index (κ1) is 18.2. The van der Waals surface area contributed by atoms with E-state index in [0.29, 0.717) is 17.2 Å².